The molecule has 0 radical (unpaired) electrons. The van der Waals surface area contributed by atoms with Crippen LogP contribution < -0.4 is 0 Å². The van der Waals surface area contributed by atoms with Gasteiger partial charge >= 0.3 is 18.1 Å². The lowest BCUT2D eigenvalue weighted by Crippen LogP contribution is -2.65. The van der Waals surface area contributed by atoms with E-state index in [2.05, 4.69) is 9.47 Å². The van der Waals surface area contributed by atoms with Crippen molar-refractivity contribution in [2.45, 2.75) is 30.7 Å². The minimum Gasteiger partial charge on any atom is -0.332 e. The summed E-state index contributed by atoms with van der Waals surface area (Å²) in [7, 11) is 0. The van der Waals surface area contributed by atoms with E-state index in [0.717, 1.165) is 0 Å². The summed E-state index contributed by atoms with van der Waals surface area (Å²) in [5.41, 5.74) is 0. The molecule has 0 bridgehead atoms. The van der Waals surface area contributed by atoms with Crippen LogP contribution in [0.25, 0.3) is 0 Å². The first-order valence-electron chi connectivity index (χ1n) is 3.74. The normalized spacial score (nSPS) is 31.5. The molecule has 1 fully saturated rings. The van der Waals surface area contributed by atoms with Gasteiger partial charge in [0.15, 0.2) is 6.17 Å². The highest BCUT2D eigenvalue weighted by molar-refractivity contribution is 4.91. The lowest BCUT2D eigenvalue weighted by atomic mass is 10.2. The first-order valence-corrected chi connectivity index (χ1v) is 3.74. The Kier molecular flexibility index (Phi) is 3.10. The number of halogens is 8. The minimum absolute atomic E-state index is 1.69. The summed E-state index contributed by atoms with van der Waals surface area (Å²) in [6.07, 6.45) is -18.2. The molecule has 10 heteroatoms. The van der Waals surface area contributed by atoms with Crippen LogP contribution in [0.3, 0.4) is 0 Å². The van der Waals surface area contributed by atoms with E-state index in [1.54, 1.807) is 0 Å². The van der Waals surface area contributed by atoms with Crippen LogP contribution in [-0.2, 0) is 9.47 Å². The molecular weight excluding hydrogens is 256 g/mol. The van der Waals surface area contributed by atoms with Gasteiger partial charge in [-0.2, -0.15) is 26.3 Å². The fourth-order valence-corrected chi connectivity index (χ4v) is 0.997. The van der Waals surface area contributed by atoms with Crippen molar-refractivity contribution in [2.24, 2.45) is 0 Å². The summed E-state index contributed by atoms with van der Waals surface area (Å²) in [6, 6.07) is 0. The summed E-state index contributed by atoms with van der Waals surface area (Å²) < 4.78 is 104. The van der Waals surface area contributed by atoms with Crippen molar-refractivity contribution >= 4 is 0 Å². The highest BCUT2D eigenvalue weighted by Crippen LogP contribution is 2.49. The zero-order chi connectivity index (χ0) is 12.8. The van der Waals surface area contributed by atoms with E-state index in [1.165, 1.54) is 0 Å². The molecule has 0 amide bonds. The molecule has 2 atom stereocenters. The average Bonchev–Trinajstić information content (AvgIpc) is 2.05. The van der Waals surface area contributed by atoms with Crippen molar-refractivity contribution in [1.29, 1.82) is 0 Å². The molecule has 0 saturated carbocycles. The van der Waals surface area contributed by atoms with Crippen molar-refractivity contribution < 1.29 is 44.6 Å². The third-order valence-corrected chi connectivity index (χ3v) is 1.76. The van der Waals surface area contributed by atoms with Gasteiger partial charge in [0, 0.05) is 0 Å². The summed E-state index contributed by atoms with van der Waals surface area (Å²) in [4.78, 5) is 0. The Labute approximate surface area is 83.1 Å². The summed E-state index contributed by atoms with van der Waals surface area (Å²) >= 11 is 0. The largest absolute Gasteiger partial charge is 0.453 e. The van der Waals surface area contributed by atoms with E-state index in [4.69, 9.17) is 0 Å². The molecule has 1 aliphatic heterocycles. The van der Waals surface area contributed by atoms with E-state index >= 15 is 0 Å². The van der Waals surface area contributed by atoms with Crippen LogP contribution in [0.4, 0.5) is 35.1 Å². The van der Waals surface area contributed by atoms with Gasteiger partial charge in [-0.25, -0.2) is 8.78 Å². The Morgan fingerprint density at radius 1 is 0.938 bits per heavy atom. The molecule has 2 unspecified atom stereocenters. The molecule has 2 nitrogen and oxygen atoms in total. The van der Waals surface area contributed by atoms with Gasteiger partial charge in [-0.1, -0.05) is 0 Å². The van der Waals surface area contributed by atoms with Crippen LogP contribution in [0.2, 0.25) is 0 Å². The van der Waals surface area contributed by atoms with Gasteiger partial charge in [-0.3, -0.25) is 4.74 Å². The van der Waals surface area contributed by atoms with Crippen molar-refractivity contribution in [3.05, 3.63) is 0 Å². The first-order chi connectivity index (χ1) is 7.01. The van der Waals surface area contributed by atoms with Crippen molar-refractivity contribution in [3.63, 3.8) is 0 Å². The number of ether oxygens (including phenoxy) is 2. The summed E-state index contributed by atoms with van der Waals surface area (Å²) in [5.74, 6) is -5.11. The van der Waals surface area contributed by atoms with Crippen LogP contribution in [-0.4, -0.2) is 37.3 Å². The molecule has 1 saturated heterocycles. The Morgan fingerprint density at radius 3 is 1.69 bits per heavy atom. The minimum atomic E-state index is -6.06. The van der Waals surface area contributed by atoms with Crippen molar-refractivity contribution in [3.8, 4) is 0 Å². The molecule has 0 aromatic heterocycles. The fraction of sp³-hybridized carbons (Fsp3) is 1.00. The predicted molar refractivity (Wildman–Crippen MR) is 31.7 cm³/mol. The van der Waals surface area contributed by atoms with Gasteiger partial charge in [-0.15, -0.1) is 0 Å². The Hall–Kier alpha value is -0.640. The SMILES string of the molecule is FC1COC(C(F)(F)F)(C(F)(F)F)OC1F. The molecule has 16 heavy (non-hydrogen) atoms. The van der Waals surface area contributed by atoms with Gasteiger partial charge in [0.05, 0.1) is 6.61 Å². The van der Waals surface area contributed by atoms with E-state index in [-0.39, 0.29) is 0 Å². The smallest absolute Gasteiger partial charge is 0.332 e. The zero-order valence-corrected chi connectivity index (χ0v) is 7.20. The maximum atomic E-state index is 12.5. The van der Waals surface area contributed by atoms with Crippen LogP contribution in [0.15, 0.2) is 0 Å². The third kappa shape index (κ3) is 1.95. The van der Waals surface area contributed by atoms with E-state index in [0.29, 0.717) is 0 Å². The highest BCUT2D eigenvalue weighted by atomic mass is 19.4. The Bertz CT molecular complexity index is 244. The number of rotatable bonds is 0. The predicted octanol–water partition coefficient (Wildman–Crippen LogP) is 2.49. The molecule has 96 valence electrons. The quantitative estimate of drug-likeness (QED) is 0.623. The van der Waals surface area contributed by atoms with Gasteiger partial charge < -0.3 is 4.74 Å². The number of hydrogen-bond donors (Lipinski definition) is 0. The monoisotopic (exact) mass is 260 g/mol. The fourth-order valence-electron chi connectivity index (χ4n) is 0.997. The molecule has 0 spiro atoms. The van der Waals surface area contributed by atoms with Crippen LogP contribution in [0, 0.1) is 0 Å². The molecule has 0 N–H and O–H groups in total. The summed E-state index contributed by atoms with van der Waals surface area (Å²) in [5, 5.41) is 0. The van der Waals surface area contributed by atoms with Crippen molar-refractivity contribution in [2.75, 3.05) is 6.61 Å². The van der Waals surface area contributed by atoms with Crippen LogP contribution in [0.5, 0.6) is 0 Å². The number of hydrogen-bond acceptors (Lipinski definition) is 2. The third-order valence-electron chi connectivity index (χ3n) is 1.76. The van der Waals surface area contributed by atoms with E-state index in [9.17, 15) is 35.1 Å². The van der Waals surface area contributed by atoms with E-state index in [1.807, 2.05) is 0 Å². The second kappa shape index (κ2) is 3.69. The highest BCUT2D eigenvalue weighted by Gasteiger charge is 2.77. The topological polar surface area (TPSA) is 18.5 Å². The Morgan fingerprint density at radius 2 is 1.38 bits per heavy atom. The second-order valence-corrected chi connectivity index (χ2v) is 2.91. The average molecular weight is 260 g/mol. The molecule has 1 heterocycles. The first kappa shape index (κ1) is 13.4. The van der Waals surface area contributed by atoms with Crippen LogP contribution in [0.1, 0.15) is 0 Å². The van der Waals surface area contributed by atoms with Crippen LogP contribution >= 0.6 is 0 Å². The molecule has 0 aliphatic carbocycles. The molecule has 1 rings (SSSR count). The standard InChI is InChI=1S/C6H4F8O2/c7-2-1-15-4(5(9,10)11,6(12,13)14)16-3(2)8/h2-3H,1H2. The maximum absolute atomic E-state index is 12.5. The van der Waals surface area contributed by atoms with Gasteiger partial charge in [-0.05, 0) is 0 Å². The van der Waals surface area contributed by atoms with Gasteiger partial charge in [0.1, 0.15) is 0 Å². The van der Waals surface area contributed by atoms with Crippen molar-refractivity contribution in [1.82, 2.24) is 0 Å². The second-order valence-electron chi connectivity index (χ2n) is 2.91. The molecule has 0 aromatic rings. The summed E-state index contributed by atoms with van der Waals surface area (Å²) in [6.45, 7) is -1.69. The number of alkyl halides is 8. The zero-order valence-electron chi connectivity index (χ0n) is 7.20. The maximum Gasteiger partial charge on any atom is 0.453 e. The molecular formula is C6H4F8O2. The van der Waals surface area contributed by atoms with Gasteiger partial charge in [0.2, 0.25) is 6.36 Å². The lowest BCUT2D eigenvalue weighted by molar-refractivity contribution is -0.504. The molecule has 1 aliphatic rings. The Balaban J connectivity index is 3.09. The molecule has 0 aromatic carbocycles. The lowest BCUT2D eigenvalue weighted by Gasteiger charge is -2.40. The van der Waals surface area contributed by atoms with E-state index < -0.39 is 37.3 Å². The van der Waals surface area contributed by atoms with Gasteiger partial charge in [0.25, 0.3) is 0 Å².